The molecule has 1 aromatic rings. The molecule has 0 bridgehead atoms. The van der Waals surface area contributed by atoms with Crippen LogP contribution in [0.25, 0.3) is 0 Å². The summed E-state index contributed by atoms with van der Waals surface area (Å²) in [6.45, 7) is 1.81. The summed E-state index contributed by atoms with van der Waals surface area (Å²) in [5, 5.41) is 9.37. The minimum absolute atomic E-state index is 0.407. The van der Waals surface area contributed by atoms with Gasteiger partial charge < -0.3 is 5.73 Å². The van der Waals surface area contributed by atoms with Crippen LogP contribution in [0.3, 0.4) is 0 Å². The Kier molecular flexibility index (Phi) is 5.12. The molecule has 86 valence electrons. The summed E-state index contributed by atoms with van der Waals surface area (Å²) in [6.07, 6.45) is 1.83. The van der Waals surface area contributed by atoms with E-state index in [2.05, 4.69) is 10.2 Å². The van der Waals surface area contributed by atoms with Crippen LogP contribution in [0.15, 0.2) is 28.4 Å². The number of nitrogens with zero attached hydrogens (tertiary/aromatic N) is 2. The maximum atomic E-state index is 6.02. The Bertz CT molecular complexity index is 444. The van der Waals surface area contributed by atoms with Gasteiger partial charge in [0.1, 0.15) is 0 Å². The second-order valence-corrected chi connectivity index (χ2v) is 4.62. The van der Waals surface area contributed by atoms with Crippen molar-refractivity contribution in [3.05, 3.63) is 33.8 Å². The van der Waals surface area contributed by atoms with Gasteiger partial charge in [-0.15, -0.1) is 5.10 Å². The molecule has 1 rings (SSSR count). The first-order valence-electron chi connectivity index (χ1n) is 4.41. The Hall–Kier alpha value is -0.710. The lowest BCUT2D eigenvalue weighted by Gasteiger charge is -2.02. The van der Waals surface area contributed by atoms with Crippen molar-refractivity contribution in [2.24, 2.45) is 15.9 Å². The fourth-order valence-corrected chi connectivity index (χ4v) is 1.67. The fourth-order valence-electron chi connectivity index (χ4n) is 1.00. The van der Waals surface area contributed by atoms with E-state index in [1.165, 1.54) is 11.8 Å². The van der Waals surface area contributed by atoms with Crippen LogP contribution in [0, 0.1) is 0 Å². The van der Waals surface area contributed by atoms with E-state index in [0.717, 1.165) is 5.56 Å². The van der Waals surface area contributed by atoms with Gasteiger partial charge in [0.25, 0.3) is 0 Å². The summed E-state index contributed by atoms with van der Waals surface area (Å²) in [5.41, 5.74) is 7.00. The lowest BCUT2D eigenvalue weighted by Crippen LogP contribution is -2.05. The summed E-state index contributed by atoms with van der Waals surface area (Å²) >= 11 is 13.2. The van der Waals surface area contributed by atoms with Crippen LogP contribution in [-0.4, -0.2) is 17.1 Å². The van der Waals surface area contributed by atoms with Crippen molar-refractivity contribution in [3.8, 4) is 0 Å². The smallest absolute Gasteiger partial charge is 0.180 e. The zero-order chi connectivity index (χ0) is 12.1. The van der Waals surface area contributed by atoms with Crippen molar-refractivity contribution in [1.82, 2.24) is 0 Å². The van der Waals surface area contributed by atoms with E-state index >= 15 is 0 Å². The number of thioether (sulfide) groups is 1. The van der Waals surface area contributed by atoms with Crippen molar-refractivity contribution in [2.45, 2.75) is 6.92 Å². The van der Waals surface area contributed by atoms with Gasteiger partial charge in [0.15, 0.2) is 5.17 Å². The molecule has 1 aromatic carbocycles. The number of hydrogen-bond donors (Lipinski definition) is 1. The molecule has 6 heteroatoms. The summed E-state index contributed by atoms with van der Waals surface area (Å²) in [7, 11) is 0. The Morgan fingerprint density at radius 3 is 2.56 bits per heavy atom. The lowest BCUT2D eigenvalue weighted by molar-refractivity contribution is 1.23. The number of benzene rings is 1. The molecule has 0 atom stereocenters. The molecule has 0 amide bonds. The molecule has 0 aliphatic rings. The summed E-state index contributed by atoms with van der Waals surface area (Å²) in [4.78, 5) is 0. The molecule has 0 saturated carbocycles. The third-order valence-electron chi connectivity index (χ3n) is 1.83. The van der Waals surface area contributed by atoms with Crippen LogP contribution >= 0.6 is 35.0 Å². The third kappa shape index (κ3) is 3.70. The average molecular weight is 276 g/mol. The predicted octanol–water partition coefficient (Wildman–Crippen LogP) is 3.40. The highest BCUT2D eigenvalue weighted by Gasteiger charge is 2.04. The van der Waals surface area contributed by atoms with Crippen LogP contribution in [-0.2, 0) is 0 Å². The monoisotopic (exact) mass is 275 g/mol. The fraction of sp³-hybridized carbons (Fsp3) is 0.200. The summed E-state index contributed by atoms with van der Waals surface area (Å²) in [6, 6.07) is 5.22. The van der Waals surface area contributed by atoms with E-state index in [4.69, 9.17) is 28.9 Å². The Labute approximate surface area is 109 Å². The predicted molar refractivity (Wildman–Crippen MR) is 73.8 cm³/mol. The zero-order valence-corrected chi connectivity index (χ0v) is 11.2. The van der Waals surface area contributed by atoms with Gasteiger partial charge in [0, 0.05) is 10.6 Å². The Morgan fingerprint density at radius 1 is 1.31 bits per heavy atom. The minimum Gasteiger partial charge on any atom is -0.377 e. The lowest BCUT2D eigenvalue weighted by atomic mass is 10.1. The number of amidine groups is 1. The van der Waals surface area contributed by atoms with Gasteiger partial charge in [-0.3, -0.25) is 0 Å². The molecular formula is C10H11Cl2N3S. The van der Waals surface area contributed by atoms with Gasteiger partial charge in [-0.1, -0.05) is 41.0 Å². The van der Waals surface area contributed by atoms with Crippen LogP contribution in [0.1, 0.15) is 12.5 Å². The number of hydrogen-bond acceptors (Lipinski definition) is 3. The largest absolute Gasteiger partial charge is 0.377 e. The van der Waals surface area contributed by atoms with E-state index in [0.29, 0.717) is 20.9 Å². The molecule has 0 saturated heterocycles. The molecule has 2 N–H and O–H groups in total. The van der Waals surface area contributed by atoms with Crippen molar-refractivity contribution < 1.29 is 0 Å². The highest BCUT2D eigenvalue weighted by atomic mass is 35.5. The molecular weight excluding hydrogens is 265 g/mol. The molecule has 0 radical (unpaired) electrons. The molecule has 0 unspecified atom stereocenters. The number of nitrogens with two attached hydrogens (primary N) is 1. The average Bonchev–Trinajstić information content (AvgIpc) is 2.25. The van der Waals surface area contributed by atoms with Gasteiger partial charge >= 0.3 is 0 Å². The SMILES string of the molecule is CS/C(N)=N\N=C(/C)c1ccc(Cl)cc1Cl. The van der Waals surface area contributed by atoms with Crippen LogP contribution in [0.4, 0.5) is 0 Å². The molecule has 16 heavy (non-hydrogen) atoms. The highest BCUT2D eigenvalue weighted by Crippen LogP contribution is 2.21. The zero-order valence-electron chi connectivity index (χ0n) is 8.87. The number of rotatable bonds is 2. The van der Waals surface area contributed by atoms with Crippen LogP contribution in [0.2, 0.25) is 10.0 Å². The van der Waals surface area contributed by atoms with Crippen LogP contribution < -0.4 is 5.73 Å². The molecule has 0 heterocycles. The first-order chi connectivity index (χ1) is 7.54. The summed E-state index contributed by atoms with van der Waals surface area (Å²) < 4.78 is 0. The molecule has 0 aliphatic carbocycles. The first kappa shape index (κ1) is 13.4. The van der Waals surface area contributed by atoms with E-state index in [-0.39, 0.29) is 0 Å². The van der Waals surface area contributed by atoms with Gasteiger partial charge in [-0.05, 0) is 25.3 Å². The maximum absolute atomic E-state index is 6.02. The quantitative estimate of drug-likeness (QED) is 0.511. The highest BCUT2D eigenvalue weighted by molar-refractivity contribution is 8.13. The molecule has 0 aromatic heterocycles. The van der Waals surface area contributed by atoms with Crippen molar-refractivity contribution >= 4 is 45.8 Å². The minimum atomic E-state index is 0.407. The first-order valence-corrected chi connectivity index (χ1v) is 6.39. The Balaban J connectivity index is 3.00. The molecule has 3 nitrogen and oxygen atoms in total. The van der Waals surface area contributed by atoms with Crippen LogP contribution in [0.5, 0.6) is 0 Å². The van der Waals surface area contributed by atoms with Gasteiger partial charge in [0.2, 0.25) is 0 Å². The summed E-state index contributed by atoms with van der Waals surface area (Å²) in [5.74, 6) is 0. The number of halogens is 2. The van der Waals surface area contributed by atoms with E-state index in [1.807, 2.05) is 13.2 Å². The standard InChI is InChI=1S/C10H11Cl2N3S/c1-6(14-15-10(13)16-2)8-4-3-7(11)5-9(8)12/h3-5H,1-2H3,(H2,13,15)/b14-6+. The second-order valence-electron chi connectivity index (χ2n) is 2.95. The van der Waals surface area contributed by atoms with Crippen molar-refractivity contribution in [3.63, 3.8) is 0 Å². The van der Waals surface area contributed by atoms with E-state index in [9.17, 15) is 0 Å². The van der Waals surface area contributed by atoms with E-state index in [1.54, 1.807) is 18.2 Å². The Morgan fingerprint density at radius 2 is 2.00 bits per heavy atom. The maximum Gasteiger partial charge on any atom is 0.180 e. The molecule has 0 fully saturated rings. The van der Waals surface area contributed by atoms with Gasteiger partial charge in [-0.25, -0.2) is 0 Å². The van der Waals surface area contributed by atoms with Gasteiger partial charge in [-0.2, -0.15) is 5.10 Å². The van der Waals surface area contributed by atoms with E-state index < -0.39 is 0 Å². The molecule has 0 spiro atoms. The van der Waals surface area contributed by atoms with Crippen molar-refractivity contribution in [2.75, 3.05) is 6.26 Å². The topological polar surface area (TPSA) is 50.7 Å². The molecule has 0 aliphatic heterocycles. The van der Waals surface area contributed by atoms with Crippen molar-refractivity contribution in [1.29, 1.82) is 0 Å². The van der Waals surface area contributed by atoms with Gasteiger partial charge in [0.05, 0.1) is 10.7 Å². The normalized spacial score (nSPS) is 13.0. The second kappa shape index (κ2) is 6.13. The third-order valence-corrected chi connectivity index (χ3v) is 2.88.